The highest BCUT2D eigenvalue weighted by molar-refractivity contribution is 5.10. The second-order valence-corrected chi connectivity index (χ2v) is 6.10. The van der Waals surface area contributed by atoms with Gasteiger partial charge in [0, 0.05) is 0 Å². The molecule has 0 aliphatic heterocycles. The maximum atomic E-state index is 3.86. The van der Waals surface area contributed by atoms with Crippen molar-refractivity contribution in [3.63, 3.8) is 0 Å². The Morgan fingerprint density at radius 2 is 1.05 bits per heavy atom. The van der Waals surface area contributed by atoms with Crippen LogP contribution in [0.3, 0.4) is 0 Å². The molecule has 0 saturated heterocycles. The number of unbranched alkanes of at least 4 members (excludes halogenated alkanes) is 10. The molecule has 0 aromatic rings. The third kappa shape index (κ3) is 13.9. The van der Waals surface area contributed by atoms with Crippen molar-refractivity contribution in [2.45, 2.75) is 104 Å². The van der Waals surface area contributed by atoms with E-state index in [-0.39, 0.29) is 0 Å². The molecule has 0 aliphatic rings. The smallest absolute Gasteiger partial charge is 0.0317 e. The van der Waals surface area contributed by atoms with E-state index in [1.807, 2.05) is 6.08 Å². The summed E-state index contributed by atoms with van der Waals surface area (Å²) in [6, 6.07) is 0. The summed E-state index contributed by atoms with van der Waals surface area (Å²) in [6.07, 6.45) is 23.6. The third-order valence-electron chi connectivity index (χ3n) is 4.06. The molecule has 0 unspecified atom stereocenters. The van der Waals surface area contributed by atoms with Crippen LogP contribution in [-0.4, -0.2) is 0 Å². The molecule has 0 nitrogen and oxygen atoms in total. The van der Waals surface area contributed by atoms with Gasteiger partial charge in [-0.3, -0.25) is 0 Å². The van der Waals surface area contributed by atoms with Gasteiger partial charge in [-0.15, -0.1) is 0 Å². The Kier molecular flexibility index (Phi) is 16.1. The molecule has 0 amide bonds. The Hall–Kier alpha value is -0.520. The minimum Gasteiger partial charge on any atom is -0.0991 e. The summed E-state index contributed by atoms with van der Waals surface area (Å²) < 4.78 is 0. The van der Waals surface area contributed by atoms with Gasteiger partial charge in [-0.05, 0) is 25.7 Å². The molecule has 0 bridgehead atoms. The van der Waals surface area contributed by atoms with E-state index in [0.717, 1.165) is 0 Å². The van der Waals surface area contributed by atoms with Crippen molar-refractivity contribution in [1.82, 2.24) is 0 Å². The van der Waals surface area contributed by atoms with Gasteiger partial charge in [0.15, 0.2) is 0 Å². The zero-order chi connectivity index (χ0) is 14.9. The van der Waals surface area contributed by atoms with Gasteiger partial charge < -0.3 is 0 Å². The molecule has 0 aromatic heterocycles. The number of allylic oxidation sites excluding steroid dienone is 3. The molecule has 0 aromatic carbocycles. The van der Waals surface area contributed by atoms with Gasteiger partial charge in [0.1, 0.15) is 0 Å². The molecule has 0 radical (unpaired) electrons. The van der Waals surface area contributed by atoms with Crippen LogP contribution in [0.1, 0.15) is 104 Å². The van der Waals surface area contributed by atoms with Crippen LogP contribution in [0.4, 0.5) is 0 Å². The number of hydrogen-bond donors (Lipinski definition) is 0. The summed E-state index contributed by atoms with van der Waals surface area (Å²) in [5, 5.41) is 0. The normalized spacial score (nSPS) is 10.5. The first-order chi connectivity index (χ1) is 9.85. The van der Waals surface area contributed by atoms with Crippen molar-refractivity contribution in [3.05, 3.63) is 24.3 Å². The van der Waals surface area contributed by atoms with Crippen LogP contribution in [0.5, 0.6) is 0 Å². The van der Waals surface area contributed by atoms with Gasteiger partial charge in [0.2, 0.25) is 0 Å². The average molecular weight is 279 g/mol. The molecule has 20 heavy (non-hydrogen) atoms. The SMILES string of the molecule is C=CC=C(CCCCCCCC)CCCCCCCC. The van der Waals surface area contributed by atoms with Crippen LogP contribution in [0.15, 0.2) is 24.3 Å². The highest BCUT2D eigenvalue weighted by Crippen LogP contribution is 2.18. The van der Waals surface area contributed by atoms with Crippen molar-refractivity contribution >= 4 is 0 Å². The van der Waals surface area contributed by atoms with Gasteiger partial charge in [-0.2, -0.15) is 0 Å². The Labute approximate surface area is 128 Å². The Bertz CT molecular complexity index is 206. The quantitative estimate of drug-likeness (QED) is 0.214. The van der Waals surface area contributed by atoms with Crippen LogP contribution in [-0.2, 0) is 0 Å². The molecule has 0 N–H and O–H groups in total. The van der Waals surface area contributed by atoms with Crippen molar-refractivity contribution in [2.24, 2.45) is 0 Å². The van der Waals surface area contributed by atoms with Crippen molar-refractivity contribution < 1.29 is 0 Å². The van der Waals surface area contributed by atoms with E-state index in [9.17, 15) is 0 Å². The van der Waals surface area contributed by atoms with Gasteiger partial charge in [-0.1, -0.05) is 102 Å². The second kappa shape index (κ2) is 16.5. The summed E-state index contributed by atoms with van der Waals surface area (Å²) in [4.78, 5) is 0. The van der Waals surface area contributed by atoms with E-state index in [0.29, 0.717) is 0 Å². The molecule has 0 heteroatoms. The Balaban J connectivity index is 3.56. The van der Waals surface area contributed by atoms with Crippen LogP contribution in [0.25, 0.3) is 0 Å². The van der Waals surface area contributed by atoms with E-state index in [1.54, 1.807) is 5.57 Å². The topological polar surface area (TPSA) is 0 Å². The van der Waals surface area contributed by atoms with Gasteiger partial charge in [-0.25, -0.2) is 0 Å². The first kappa shape index (κ1) is 19.5. The first-order valence-corrected chi connectivity index (χ1v) is 9.15. The predicted molar refractivity (Wildman–Crippen MR) is 94.3 cm³/mol. The Morgan fingerprint density at radius 1 is 0.650 bits per heavy atom. The highest BCUT2D eigenvalue weighted by Gasteiger charge is 1.98. The number of hydrogen-bond acceptors (Lipinski definition) is 0. The molecule has 0 fully saturated rings. The van der Waals surface area contributed by atoms with E-state index in [2.05, 4.69) is 26.5 Å². The van der Waals surface area contributed by atoms with Gasteiger partial charge >= 0.3 is 0 Å². The van der Waals surface area contributed by atoms with Crippen molar-refractivity contribution in [3.8, 4) is 0 Å². The first-order valence-electron chi connectivity index (χ1n) is 9.15. The molecule has 0 aliphatic carbocycles. The maximum Gasteiger partial charge on any atom is -0.0317 e. The predicted octanol–water partition coefficient (Wildman–Crippen LogP) is 7.60. The summed E-state index contributed by atoms with van der Waals surface area (Å²) >= 11 is 0. The Morgan fingerprint density at radius 3 is 1.45 bits per heavy atom. The van der Waals surface area contributed by atoms with Crippen molar-refractivity contribution in [2.75, 3.05) is 0 Å². The fraction of sp³-hybridized carbons (Fsp3) is 0.800. The molecule has 0 atom stereocenters. The monoisotopic (exact) mass is 278 g/mol. The van der Waals surface area contributed by atoms with E-state index < -0.39 is 0 Å². The highest BCUT2D eigenvalue weighted by atomic mass is 14.0. The summed E-state index contributed by atoms with van der Waals surface area (Å²) in [7, 11) is 0. The average Bonchev–Trinajstić information content (AvgIpc) is 2.46. The van der Waals surface area contributed by atoms with Crippen LogP contribution in [0, 0.1) is 0 Å². The van der Waals surface area contributed by atoms with Crippen molar-refractivity contribution in [1.29, 1.82) is 0 Å². The molecule has 0 heterocycles. The molecular formula is C20H38. The minimum absolute atomic E-state index is 1.30. The number of rotatable bonds is 15. The lowest BCUT2D eigenvalue weighted by Crippen LogP contribution is -1.87. The molecular weight excluding hydrogens is 240 g/mol. The van der Waals surface area contributed by atoms with Gasteiger partial charge in [0.25, 0.3) is 0 Å². The lowest BCUT2D eigenvalue weighted by molar-refractivity contribution is 0.583. The summed E-state index contributed by atoms with van der Waals surface area (Å²) in [5.74, 6) is 0. The van der Waals surface area contributed by atoms with E-state index >= 15 is 0 Å². The lowest BCUT2D eigenvalue weighted by atomic mass is 9.99. The summed E-state index contributed by atoms with van der Waals surface area (Å²) in [5.41, 5.74) is 1.63. The molecule has 118 valence electrons. The van der Waals surface area contributed by atoms with Crippen LogP contribution < -0.4 is 0 Å². The fourth-order valence-electron chi connectivity index (χ4n) is 2.72. The van der Waals surface area contributed by atoms with E-state index in [1.165, 1.54) is 89.9 Å². The zero-order valence-corrected chi connectivity index (χ0v) is 14.3. The summed E-state index contributed by atoms with van der Waals surface area (Å²) in [6.45, 7) is 8.43. The fourth-order valence-corrected chi connectivity index (χ4v) is 2.72. The zero-order valence-electron chi connectivity index (χ0n) is 14.3. The third-order valence-corrected chi connectivity index (χ3v) is 4.06. The standard InChI is InChI=1S/C20H38/c1-4-7-9-11-13-15-18-20(17-6-3)19-16-14-12-10-8-5-2/h6,17H,3-5,7-16,18-19H2,1-2H3. The van der Waals surface area contributed by atoms with E-state index in [4.69, 9.17) is 0 Å². The minimum atomic E-state index is 1.30. The molecule has 0 rings (SSSR count). The maximum absolute atomic E-state index is 3.86. The largest absolute Gasteiger partial charge is 0.0991 e. The van der Waals surface area contributed by atoms with Crippen LogP contribution in [0.2, 0.25) is 0 Å². The van der Waals surface area contributed by atoms with Crippen LogP contribution >= 0.6 is 0 Å². The molecule has 0 saturated carbocycles. The lowest BCUT2D eigenvalue weighted by Gasteiger charge is -2.07. The molecule has 0 spiro atoms. The second-order valence-electron chi connectivity index (χ2n) is 6.10. The van der Waals surface area contributed by atoms with Gasteiger partial charge in [0.05, 0.1) is 0 Å².